The van der Waals surface area contributed by atoms with Crippen LogP contribution in [0.25, 0.3) is 0 Å². The molecule has 0 aliphatic carbocycles. The number of hydrogen-bond donors (Lipinski definition) is 2. The third kappa shape index (κ3) is 4.82. The molecule has 2 N–H and O–H groups in total. The molecule has 37 heavy (non-hydrogen) atoms. The van der Waals surface area contributed by atoms with E-state index in [0.717, 1.165) is 11.4 Å². The van der Waals surface area contributed by atoms with Gasteiger partial charge in [-0.3, -0.25) is 9.69 Å². The lowest BCUT2D eigenvalue weighted by molar-refractivity contribution is 0.0932. The number of hydrogen-bond acceptors (Lipinski definition) is 7. The fourth-order valence-electron chi connectivity index (χ4n) is 4.54. The number of piperazine rings is 1. The Kier molecular flexibility index (Phi) is 6.70. The molecule has 0 bridgehead atoms. The zero-order valence-electron chi connectivity index (χ0n) is 20.1. The third-order valence-corrected chi connectivity index (χ3v) is 7.06. The molecule has 1 fully saturated rings. The summed E-state index contributed by atoms with van der Waals surface area (Å²) >= 11 is 12.5. The summed E-state index contributed by atoms with van der Waals surface area (Å²) < 4.78 is 5.74. The van der Waals surface area contributed by atoms with Crippen LogP contribution in [0.1, 0.15) is 24.2 Å². The number of fused-ring (bicyclic) bond motifs is 1. The molecule has 2 aliphatic rings. The number of nitrogens with one attached hydrogen (secondary N) is 1. The minimum atomic E-state index is -0.894. The average molecular weight is 543 g/mol. The monoisotopic (exact) mass is 542 g/mol. The molecule has 0 radical (unpaired) electrons. The van der Waals surface area contributed by atoms with Crippen molar-refractivity contribution in [1.82, 2.24) is 14.9 Å². The lowest BCUT2D eigenvalue weighted by atomic mass is 10.1. The molecule has 0 unspecified atom stereocenters. The van der Waals surface area contributed by atoms with Gasteiger partial charge in [-0.15, -0.1) is 0 Å². The molecule has 10 nitrogen and oxygen atoms in total. The van der Waals surface area contributed by atoms with Gasteiger partial charge in [-0.1, -0.05) is 29.3 Å². The highest BCUT2D eigenvalue weighted by Crippen LogP contribution is 2.37. The number of carbonyl (C=O) groups is 2. The van der Waals surface area contributed by atoms with Crippen LogP contribution in [0.4, 0.5) is 27.8 Å². The molecule has 3 heterocycles. The normalized spacial score (nSPS) is 19.4. The Hall–Kier alpha value is -3.76. The summed E-state index contributed by atoms with van der Waals surface area (Å²) in [5.41, 5.74) is 2.32. The van der Waals surface area contributed by atoms with E-state index < -0.39 is 6.09 Å². The Labute approximate surface area is 223 Å². The molecular formula is C25H24Cl2N6O4. The van der Waals surface area contributed by atoms with Crippen molar-refractivity contribution in [3.8, 4) is 5.88 Å². The van der Waals surface area contributed by atoms with Crippen molar-refractivity contribution in [2.24, 2.45) is 0 Å². The zero-order chi connectivity index (χ0) is 26.3. The van der Waals surface area contributed by atoms with E-state index in [1.54, 1.807) is 18.2 Å². The predicted octanol–water partition coefficient (Wildman–Crippen LogP) is 5.10. The summed E-state index contributed by atoms with van der Waals surface area (Å²) in [6.07, 6.45) is 0.512. The molecule has 192 valence electrons. The van der Waals surface area contributed by atoms with Gasteiger partial charge >= 0.3 is 6.09 Å². The standard InChI is InChI=1S/C25H24Cl2N6O4/c1-14-12-32(25(35)36)15(2)11-31(14)17-8-6-16(7-9-17)29-24-28-10-18-22(30-24)37-13-33(23(18)34)21-19(26)4-3-5-20(21)27/h3-10,14-15H,11-13H2,1-2H3,(H,35,36)(H,28,29,30)/t14-,15+/m1/s1. The van der Waals surface area contributed by atoms with Gasteiger partial charge in [-0.2, -0.15) is 4.98 Å². The van der Waals surface area contributed by atoms with Gasteiger partial charge in [0.25, 0.3) is 5.91 Å². The van der Waals surface area contributed by atoms with Crippen molar-refractivity contribution in [3.05, 3.63) is 64.3 Å². The lowest BCUT2D eigenvalue weighted by Gasteiger charge is -2.44. The van der Waals surface area contributed by atoms with E-state index in [1.165, 1.54) is 16.0 Å². The zero-order valence-corrected chi connectivity index (χ0v) is 21.6. The number of ether oxygens (including phenoxy) is 1. The van der Waals surface area contributed by atoms with E-state index >= 15 is 0 Å². The Balaban J connectivity index is 1.29. The highest BCUT2D eigenvalue weighted by atomic mass is 35.5. The first kappa shape index (κ1) is 24.9. The van der Waals surface area contributed by atoms with Crippen LogP contribution < -0.4 is 19.9 Å². The maximum absolute atomic E-state index is 13.1. The molecular weight excluding hydrogens is 519 g/mol. The highest BCUT2D eigenvalue weighted by Gasteiger charge is 2.33. The number of nitrogens with zero attached hydrogens (tertiary/aromatic N) is 5. The topological polar surface area (TPSA) is 111 Å². The maximum atomic E-state index is 13.1. The van der Waals surface area contributed by atoms with Gasteiger partial charge < -0.3 is 25.0 Å². The van der Waals surface area contributed by atoms with Crippen LogP contribution in [0.15, 0.2) is 48.7 Å². The summed E-state index contributed by atoms with van der Waals surface area (Å²) in [6.45, 7) is 4.88. The van der Waals surface area contributed by atoms with E-state index in [4.69, 9.17) is 27.9 Å². The van der Waals surface area contributed by atoms with Gasteiger partial charge in [0.15, 0.2) is 6.73 Å². The number of anilines is 4. The van der Waals surface area contributed by atoms with E-state index in [2.05, 4.69) is 20.2 Å². The van der Waals surface area contributed by atoms with Gasteiger partial charge in [0.1, 0.15) is 5.56 Å². The first-order valence-corrected chi connectivity index (χ1v) is 12.4. The quantitative estimate of drug-likeness (QED) is 0.468. The first-order chi connectivity index (χ1) is 17.7. The number of aromatic nitrogens is 2. The van der Waals surface area contributed by atoms with Crippen molar-refractivity contribution in [3.63, 3.8) is 0 Å². The van der Waals surface area contributed by atoms with Crippen LogP contribution in [-0.2, 0) is 0 Å². The summed E-state index contributed by atoms with van der Waals surface area (Å²) in [7, 11) is 0. The smallest absolute Gasteiger partial charge is 0.407 e. The molecule has 2 aromatic carbocycles. The largest absolute Gasteiger partial charge is 0.465 e. The lowest BCUT2D eigenvalue weighted by Crippen LogP contribution is -2.58. The number of para-hydroxylation sites is 1. The fourth-order valence-corrected chi connectivity index (χ4v) is 5.15. The van der Waals surface area contributed by atoms with Crippen molar-refractivity contribution in [2.45, 2.75) is 25.9 Å². The minimum Gasteiger partial charge on any atom is -0.465 e. The van der Waals surface area contributed by atoms with Crippen molar-refractivity contribution in [1.29, 1.82) is 0 Å². The number of amides is 2. The van der Waals surface area contributed by atoms with E-state index in [-0.39, 0.29) is 42.1 Å². The molecule has 2 aliphatic heterocycles. The molecule has 0 spiro atoms. The molecule has 5 rings (SSSR count). The molecule has 1 aromatic heterocycles. The van der Waals surface area contributed by atoms with Crippen LogP contribution in [0, 0.1) is 0 Å². The van der Waals surface area contributed by atoms with E-state index in [0.29, 0.717) is 28.8 Å². The Morgan fingerprint density at radius 1 is 1.08 bits per heavy atom. The molecule has 3 aromatic rings. The SMILES string of the molecule is C[C@@H]1CN(C(=O)O)[C@@H](C)CN1c1ccc(Nc2ncc3c(n2)OCN(c2c(Cl)cccc2Cl)C3=O)cc1. The number of carboxylic acid groups (broad SMARTS) is 1. The number of carbonyl (C=O) groups excluding carboxylic acids is 1. The molecule has 1 saturated heterocycles. The number of benzene rings is 2. The summed E-state index contributed by atoms with van der Waals surface area (Å²) in [5.74, 6) is 0.0803. The first-order valence-electron chi connectivity index (χ1n) is 11.6. The van der Waals surface area contributed by atoms with Gasteiger partial charge in [-0.25, -0.2) is 9.78 Å². The van der Waals surface area contributed by atoms with Crippen LogP contribution in [-0.4, -0.2) is 63.9 Å². The number of halogens is 2. The van der Waals surface area contributed by atoms with Gasteiger partial charge in [0.2, 0.25) is 11.8 Å². The van der Waals surface area contributed by atoms with E-state index in [9.17, 15) is 14.7 Å². The van der Waals surface area contributed by atoms with Crippen LogP contribution in [0.2, 0.25) is 10.0 Å². The van der Waals surface area contributed by atoms with Crippen LogP contribution in [0.3, 0.4) is 0 Å². The maximum Gasteiger partial charge on any atom is 0.407 e. The Morgan fingerprint density at radius 3 is 2.46 bits per heavy atom. The van der Waals surface area contributed by atoms with E-state index in [1.807, 2.05) is 38.1 Å². The van der Waals surface area contributed by atoms with Gasteiger partial charge in [0.05, 0.1) is 15.7 Å². The van der Waals surface area contributed by atoms with Crippen molar-refractivity contribution in [2.75, 3.05) is 34.9 Å². The van der Waals surface area contributed by atoms with Crippen LogP contribution >= 0.6 is 23.2 Å². The van der Waals surface area contributed by atoms with Crippen molar-refractivity contribution >= 4 is 58.2 Å². The van der Waals surface area contributed by atoms with Crippen molar-refractivity contribution < 1.29 is 19.4 Å². The van der Waals surface area contributed by atoms with Crippen LogP contribution in [0.5, 0.6) is 5.88 Å². The highest BCUT2D eigenvalue weighted by molar-refractivity contribution is 6.40. The van der Waals surface area contributed by atoms with Gasteiger partial charge in [0, 0.05) is 42.7 Å². The Morgan fingerprint density at radius 2 is 1.78 bits per heavy atom. The van der Waals surface area contributed by atoms with Gasteiger partial charge in [-0.05, 0) is 50.2 Å². The average Bonchev–Trinajstić information content (AvgIpc) is 2.87. The molecule has 0 saturated carbocycles. The fraction of sp³-hybridized carbons (Fsp3) is 0.280. The molecule has 12 heteroatoms. The second kappa shape index (κ2) is 9.95. The second-order valence-corrected chi connectivity index (χ2v) is 9.76. The summed E-state index contributed by atoms with van der Waals surface area (Å²) in [6, 6.07) is 12.7. The third-order valence-electron chi connectivity index (χ3n) is 6.45. The number of rotatable bonds is 4. The minimum absolute atomic E-state index is 0.0463. The Bertz CT molecular complexity index is 1340. The molecule has 2 amide bonds. The summed E-state index contributed by atoms with van der Waals surface area (Å²) in [4.78, 5) is 38.2. The molecule has 2 atom stereocenters. The summed E-state index contributed by atoms with van der Waals surface area (Å²) in [5, 5.41) is 13.2. The second-order valence-electron chi connectivity index (χ2n) is 8.95. The predicted molar refractivity (Wildman–Crippen MR) is 142 cm³/mol.